The van der Waals surface area contributed by atoms with Crippen molar-refractivity contribution in [1.29, 1.82) is 0 Å². The molecule has 0 fully saturated rings. The maximum absolute atomic E-state index is 12.0. The normalized spacial score (nSPS) is 15.0. The molecular weight excluding hydrogens is 515 g/mol. The van der Waals surface area contributed by atoms with Crippen molar-refractivity contribution in [2.45, 2.75) is 110 Å². The van der Waals surface area contributed by atoms with Crippen LogP contribution in [0.2, 0.25) is 0 Å². The number of phosphoric acid groups is 1. The van der Waals surface area contributed by atoms with Gasteiger partial charge in [0.15, 0.2) is 0 Å². The number of unbranched alkanes of at least 4 members (excludes halogenated alkanes) is 7. The molecule has 11 heteroatoms. The average molecular weight is 565 g/mol. The van der Waals surface area contributed by atoms with Gasteiger partial charge in [-0.15, -0.1) is 0 Å². The summed E-state index contributed by atoms with van der Waals surface area (Å²) >= 11 is 0. The Balaban J connectivity index is 4.00. The molecule has 3 atom stereocenters. The second-order valence-corrected chi connectivity index (χ2v) is 10.5. The minimum absolute atomic E-state index is 0.141. The van der Waals surface area contributed by atoms with Gasteiger partial charge in [-0.05, 0) is 38.5 Å². The van der Waals surface area contributed by atoms with Gasteiger partial charge in [-0.3, -0.25) is 18.6 Å². The molecule has 0 aliphatic rings. The van der Waals surface area contributed by atoms with E-state index in [0.29, 0.717) is 12.8 Å². The maximum Gasteiger partial charge on any atom is 0.472 e. The van der Waals surface area contributed by atoms with E-state index in [-0.39, 0.29) is 12.8 Å². The highest BCUT2D eigenvalue weighted by atomic mass is 31.2. The number of esters is 2. The van der Waals surface area contributed by atoms with Crippen molar-refractivity contribution in [3.63, 3.8) is 0 Å². The quantitative estimate of drug-likeness (QED) is 0.0588. The predicted molar refractivity (Wildman–Crippen MR) is 145 cm³/mol. The van der Waals surface area contributed by atoms with E-state index >= 15 is 0 Å². The Morgan fingerprint density at radius 2 is 1.21 bits per heavy atom. The summed E-state index contributed by atoms with van der Waals surface area (Å²) in [4.78, 5) is 33.3. The Bertz CT molecular complexity index is 710. The summed E-state index contributed by atoms with van der Waals surface area (Å²) < 4.78 is 31.6. The van der Waals surface area contributed by atoms with Gasteiger partial charge in [0.1, 0.15) is 12.2 Å². The first kappa shape index (κ1) is 36.5. The van der Waals surface area contributed by atoms with Crippen LogP contribution < -0.4 is 0 Å². The molecule has 3 unspecified atom stereocenters. The molecule has 0 aliphatic heterocycles. The van der Waals surface area contributed by atoms with Crippen LogP contribution in [0.4, 0.5) is 0 Å². The third kappa shape index (κ3) is 22.4. The van der Waals surface area contributed by atoms with Crippen molar-refractivity contribution in [1.82, 2.24) is 0 Å². The second kappa shape index (κ2) is 24.5. The highest BCUT2D eigenvalue weighted by Gasteiger charge is 2.27. The van der Waals surface area contributed by atoms with Crippen molar-refractivity contribution in [3.8, 4) is 0 Å². The van der Waals surface area contributed by atoms with Gasteiger partial charge in [0.05, 0.1) is 26.4 Å². The van der Waals surface area contributed by atoms with Crippen molar-refractivity contribution < 1.29 is 47.8 Å². The fraction of sp³-hybridized carbons (Fsp3) is 0.778. The third-order valence-corrected chi connectivity index (χ3v) is 6.34. The molecule has 10 nitrogen and oxygen atoms in total. The summed E-state index contributed by atoms with van der Waals surface area (Å²) in [5, 5.41) is 18.6. The topological polar surface area (TPSA) is 149 Å². The van der Waals surface area contributed by atoms with E-state index in [9.17, 15) is 29.3 Å². The van der Waals surface area contributed by atoms with Gasteiger partial charge in [-0.2, -0.15) is 0 Å². The van der Waals surface area contributed by atoms with Crippen LogP contribution in [0.5, 0.6) is 0 Å². The van der Waals surface area contributed by atoms with Crippen molar-refractivity contribution in [2.75, 3.05) is 26.4 Å². The summed E-state index contributed by atoms with van der Waals surface area (Å²) in [6, 6.07) is 0. The number of carbonyl (C=O) groups excluding carboxylic acids is 2. The molecule has 0 rings (SSSR count). The van der Waals surface area contributed by atoms with Gasteiger partial charge in [-0.1, -0.05) is 70.3 Å². The summed E-state index contributed by atoms with van der Waals surface area (Å²) in [5.41, 5.74) is 0. The first-order chi connectivity index (χ1) is 18.3. The van der Waals surface area contributed by atoms with Crippen molar-refractivity contribution in [3.05, 3.63) is 24.3 Å². The zero-order valence-corrected chi connectivity index (χ0v) is 24.0. The summed E-state index contributed by atoms with van der Waals surface area (Å²) in [6.07, 6.45) is 17.8. The van der Waals surface area contributed by atoms with E-state index in [1.807, 2.05) is 0 Å². The molecule has 0 amide bonds. The minimum Gasteiger partial charge on any atom is -0.457 e. The number of carbonyl (C=O) groups is 2. The van der Waals surface area contributed by atoms with E-state index in [0.717, 1.165) is 44.9 Å². The molecule has 38 heavy (non-hydrogen) atoms. The van der Waals surface area contributed by atoms with Crippen LogP contribution in [0.25, 0.3) is 0 Å². The SMILES string of the molecule is CCCC/C=C\C/C=C\CCCCCCCC(=O)OC(CO)COP(=O)(O)OCC(CO)OC(=O)CCC. The van der Waals surface area contributed by atoms with Crippen LogP contribution in [0.1, 0.15) is 97.3 Å². The molecule has 0 spiro atoms. The molecular formula is C27H49O10P. The Morgan fingerprint density at radius 1 is 0.711 bits per heavy atom. The number of aliphatic hydroxyl groups is 2. The zero-order chi connectivity index (χ0) is 28.5. The molecule has 222 valence electrons. The van der Waals surface area contributed by atoms with Gasteiger partial charge >= 0.3 is 19.8 Å². The lowest BCUT2D eigenvalue weighted by molar-refractivity contribution is -0.153. The van der Waals surface area contributed by atoms with E-state index < -0.39 is 58.4 Å². The number of hydrogen-bond donors (Lipinski definition) is 3. The molecule has 0 aromatic rings. The standard InChI is InChI=1S/C27H49O10P/c1-3-5-6-7-8-9-10-11-12-13-14-15-16-17-19-27(31)37-25(21-29)23-35-38(32,33)34-22-24(20-28)36-26(30)18-4-2/h7-8,10-11,24-25,28-29H,3-6,9,12-23H2,1-2H3,(H,32,33)/b8-7-,11-10-. The van der Waals surface area contributed by atoms with Gasteiger partial charge in [0.25, 0.3) is 0 Å². The zero-order valence-electron chi connectivity index (χ0n) is 23.1. The van der Waals surface area contributed by atoms with Crippen LogP contribution in [-0.4, -0.2) is 65.7 Å². The predicted octanol–water partition coefficient (Wildman–Crippen LogP) is 5.15. The molecule has 0 aromatic heterocycles. The monoisotopic (exact) mass is 564 g/mol. The van der Waals surface area contributed by atoms with Crippen LogP contribution in [0.3, 0.4) is 0 Å². The van der Waals surface area contributed by atoms with Crippen molar-refractivity contribution in [2.24, 2.45) is 0 Å². The highest BCUT2D eigenvalue weighted by molar-refractivity contribution is 7.47. The molecule has 0 saturated heterocycles. The van der Waals surface area contributed by atoms with Crippen LogP contribution in [0, 0.1) is 0 Å². The average Bonchev–Trinajstić information content (AvgIpc) is 2.89. The largest absolute Gasteiger partial charge is 0.472 e. The molecule has 0 saturated carbocycles. The number of ether oxygens (including phenoxy) is 2. The lowest BCUT2D eigenvalue weighted by atomic mass is 10.1. The fourth-order valence-electron chi connectivity index (χ4n) is 3.22. The van der Waals surface area contributed by atoms with Gasteiger partial charge in [-0.25, -0.2) is 4.57 Å². The minimum atomic E-state index is -4.59. The van der Waals surface area contributed by atoms with Gasteiger partial charge in [0, 0.05) is 12.8 Å². The Kier molecular flexibility index (Phi) is 23.5. The number of aliphatic hydroxyl groups excluding tert-OH is 2. The Morgan fingerprint density at radius 3 is 1.74 bits per heavy atom. The Labute approximate surface area is 228 Å². The molecule has 0 aromatic carbocycles. The molecule has 0 aliphatic carbocycles. The van der Waals surface area contributed by atoms with E-state index in [2.05, 4.69) is 31.2 Å². The number of phosphoric ester groups is 1. The molecule has 3 N–H and O–H groups in total. The first-order valence-electron chi connectivity index (χ1n) is 13.8. The molecule has 0 heterocycles. The fourth-order valence-corrected chi connectivity index (χ4v) is 4.01. The van der Waals surface area contributed by atoms with Crippen molar-refractivity contribution >= 4 is 19.8 Å². The van der Waals surface area contributed by atoms with E-state index in [4.69, 9.17) is 18.5 Å². The van der Waals surface area contributed by atoms with Gasteiger partial charge < -0.3 is 24.6 Å². The smallest absolute Gasteiger partial charge is 0.457 e. The lowest BCUT2D eigenvalue weighted by Crippen LogP contribution is -2.28. The molecule has 0 bridgehead atoms. The first-order valence-corrected chi connectivity index (χ1v) is 15.3. The van der Waals surface area contributed by atoms with E-state index in [1.165, 1.54) is 12.8 Å². The Hall–Kier alpha value is -1.55. The number of hydrogen-bond acceptors (Lipinski definition) is 9. The summed E-state index contributed by atoms with van der Waals surface area (Å²) in [7, 11) is -4.59. The van der Waals surface area contributed by atoms with Crippen LogP contribution in [-0.2, 0) is 32.7 Å². The third-order valence-electron chi connectivity index (χ3n) is 5.39. The highest BCUT2D eigenvalue weighted by Crippen LogP contribution is 2.43. The van der Waals surface area contributed by atoms with Gasteiger partial charge in [0.2, 0.25) is 0 Å². The van der Waals surface area contributed by atoms with Crippen LogP contribution >= 0.6 is 7.82 Å². The summed E-state index contributed by atoms with van der Waals surface area (Å²) in [5.74, 6) is -1.09. The maximum atomic E-state index is 12.0. The number of allylic oxidation sites excluding steroid dienone is 4. The lowest BCUT2D eigenvalue weighted by Gasteiger charge is -2.20. The summed E-state index contributed by atoms with van der Waals surface area (Å²) in [6.45, 7) is 1.66. The number of rotatable bonds is 25. The second-order valence-electron chi connectivity index (χ2n) is 9.03. The van der Waals surface area contributed by atoms with Crippen LogP contribution in [0.15, 0.2) is 24.3 Å². The van der Waals surface area contributed by atoms with E-state index in [1.54, 1.807) is 6.92 Å². The molecule has 0 radical (unpaired) electrons.